The lowest BCUT2D eigenvalue weighted by molar-refractivity contribution is 0.0934. The average molecular weight is 330 g/mol. The van der Waals surface area contributed by atoms with Crippen LogP contribution >= 0.6 is 0 Å². The SMILES string of the molecule is C[C@@H](Cn1cccn1)NC(=O)c1cnn2c1C[C@H](CN(C)C)CC2. The van der Waals surface area contributed by atoms with Crippen molar-refractivity contribution in [3.8, 4) is 0 Å². The minimum atomic E-state index is -0.0404. The third-order valence-electron chi connectivity index (χ3n) is 4.45. The van der Waals surface area contributed by atoms with Crippen LogP contribution in [0.4, 0.5) is 0 Å². The first-order chi connectivity index (χ1) is 11.5. The standard InChI is InChI=1S/C17H26N6O/c1-13(11-22-7-4-6-18-22)20-17(24)15-10-19-23-8-5-14(9-16(15)23)12-21(2)3/h4,6-7,10,13-14H,5,8-9,11-12H2,1-3H3,(H,20,24)/t13-,14+/m0/s1. The first kappa shape index (κ1) is 16.7. The molecular weight excluding hydrogens is 304 g/mol. The molecule has 1 aliphatic rings. The number of aryl methyl sites for hydroxylation is 1. The maximum absolute atomic E-state index is 12.6. The van der Waals surface area contributed by atoms with Gasteiger partial charge in [0.25, 0.3) is 5.91 Å². The molecule has 3 rings (SSSR count). The second-order valence-electron chi connectivity index (χ2n) is 6.95. The molecule has 24 heavy (non-hydrogen) atoms. The van der Waals surface area contributed by atoms with Crippen molar-refractivity contribution >= 4 is 5.91 Å². The van der Waals surface area contributed by atoms with Gasteiger partial charge in [-0.25, -0.2) is 0 Å². The number of hydrogen-bond donors (Lipinski definition) is 1. The van der Waals surface area contributed by atoms with Crippen molar-refractivity contribution in [1.29, 1.82) is 0 Å². The van der Waals surface area contributed by atoms with Gasteiger partial charge in [-0.15, -0.1) is 0 Å². The molecule has 1 amide bonds. The molecule has 0 bridgehead atoms. The average Bonchev–Trinajstić information content (AvgIpc) is 3.15. The maximum atomic E-state index is 12.6. The molecule has 2 aromatic rings. The fourth-order valence-corrected chi connectivity index (χ4v) is 3.40. The van der Waals surface area contributed by atoms with Crippen molar-refractivity contribution in [2.75, 3.05) is 20.6 Å². The Morgan fingerprint density at radius 3 is 3.00 bits per heavy atom. The molecule has 2 atom stereocenters. The Balaban J connectivity index is 1.65. The summed E-state index contributed by atoms with van der Waals surface area (Å²) >= 11 is 0. The van der Waals surface area contributed by atoms with E-state index in [1.165, 1.54) is 0 Å². The van der Waals surface area contributed by atoms with Gasteiger partial charge in [0.05, 0.1) is 24.0 Å². The summed E-state index contributed by atoms with van der Waals surface area (Å²) in [6, 6.07) is 1.89. The lowest BCUT2D eigenvalue weighted by atomic mass is 9.94. The largest absolute Gasteiger partial charge is 0.348 e. The van der Waals surface area contributed by atoms with Gasteiger partial charge in [-0.1, -0.05) is 0 Å². The van der Waals surface area contributed by atoms with E-state index in [0.717, 1.165) is 31.6 Å². The second kappa shape index (κ2) is 7.17. The predicted molar refractivity (Wildman–Crippen MR) is 91.7 cm³/mol. The van der Waals surface area contributed by atoms with Crippen LogP contribution < -0.4 is 5.32 Å². The molecule has 0 aromatic carbocycles. The zero-order chi connectivity index (χ0) is 17.1. The maximum Gasteiger partial charge on any atom is 0.255 e. The van der Waals surface area contributed by atoms with Crippen molar-refractivity contribution in [1.82, 2.24) is 29.8 Å². The molecule has 0 saturated carbocycles. The zero-order valence-electron chi connectivity index (χ0n) is 14.6. The van der Waals surface area contributed by atoms with E-state index in [9.17, 15) is 4.79 Å². The number of fused-ring (bicyclic) bond motifs is 1. The van der Waals surface area contributed by atoms with Gasteiger partial charge >= 0.3 is 0 Å². The van der Waals surface area contributed by atoms with E-state index in [-0.39, 0.29) is 11.9 Å². The first-order valence-electron chi connectivity index (χ1n) is 8.50. The summed E-state index contributed by atoms with van der Waals surface area (Å²) < 4.78 is 3.81. The van der Waals surface area contributed by atoms with E-state index in [4.69, 9.17) is 0 Å². The molecule has 1 N–H and O–H groups in total. The Bertz CT molecular complexity index is 675. The summed E-state index contributed by atoms with van der Waals surface area (Å²) in [4.78, 5) is 14.9. The summed E-state index contributed by atoms with van der Waals surface area (Å²) in [5.41, 5.74) is 1.78. The third kappa shape index (κ3) is 3.84. The quantitative estimate of drug-likeness (QED) is 0.859. The van der Waals surface area contributed by atoms with Crippen LogP contribution in [0.5, 0.6) is 0 Å². The Morgan fingerprint density at radius 1 is 1.46 bits per heavy atom. The normalized spacial score (nSPS) is 18.4. The highest BCUT2D eigenvalue weighted by atomic mass is 16.1. The predicted octanol–water partition coefficient (Wildman–Crippen LogP) is 1.02. The van der Waals surface area contributed by atoms with Crippen molar-refractivity contribution in [2.45, 2.75) is 38.9 Å². The monoisotopic (exact) mass is 330 g/mol. The molecule has 7 heteroatoms. The number of carbonyl (C=O) groups is 1. The molecule has 0 saturated heterocycles. The molecule has 3 heterocycles. The fraction of sp³-hybridized carbons (Fsp3) is 0.588. The Hall–Kier alpha value is -2.15. The number of nitrogens with zero attached hydrogens (tertiary/aromatic N) is 5. The highest BCUT2D eigenvalue weighted by Crippen LogP contribution is 2.23. The first-order valence-corrected chi connectivity index (χ1v) is 8.50. The van der Waals surface area contributed by atoms with Crippen molar-refractivity contribution in [3.05, 3.63) is 35.9 Å². The van der Waals surface area contributed by atoms with E-state index in [1.54, 1.807) is 12.4 Å². The van der Waals surface area contributed by atoms with Crippen LogP contribution in [-0.2, 0) is 19.5 Å². The summed E-state index contributed by atoms with van der Waals surface area (Å²) in [6.07, 6.45) is 7.38. The highest BCUT2D eigenvalue weighted by Gasteiger charge is 2.26. The van der Waals surface area contributed by atoms with Crippen LogP contribution in [0.1, 0.15) is 29.4 Å². The van der Waals surface area contributed by atoms with Crippen LogP contribution in [0, 0.1) is 5.92 Å². The van der Waals surface area contributed by atoms with Gasteiger partial charge in [-0.3, -0.25) is 14.2 Å². The van der Waals surface area contributed by atoms with Crippen LogP contribution in [0.2, 0.25) is 0 Å². The summed E-state index contributed by atoms with van der Waals surface area (Å²) in [5, 5.41) is 11.6. The highest BCUT2D eigenvalue weighted by molar-refractivity contribution is 5.95. The number of aromatic nitrogens is 4. The summed E-state index contributed by atoms with van der Waals surface area (Å²) in [6.45, 7) is 4.59. The summed E-state index contributed by atoms with van der Waals surface area (Å²) in [7, 11) is 4.19. The number of amides is 1. The van der Waals surface area contributed by atoms with E-state index in [2.05, 4.69) is 34.5 Å². The van der Waals surface area contributed by atoms with Crippen LogP contribution in [0.15, 0.2) is 24.7 Å². The lowest BCUT2D eigenvalue weighted by Crippen LogP contribution is -2.37. The minimum Gasteiger partial charge on any atom is -0.348 e. The second-order valence-corrected chi connectivity index (χ2v) is 6.95. The number of rotatable bonds is 6. The summed E-state index contributed by atoms with van der Waals surface area (Å²) in [5.74, 6) is 0.540. The van der Waals surface area contributed by atoms with Crippen molar-refractivity contribution < 1.29 is 4.79 Å². The molecule has 130 valence electrons. The lowest BCUT2D eigenvalue weighted by Gasteiger charge is -2.26. The number of carbonyl (C=O) groups excluding carboxylic acids is 1. The van der Waals surface area contributed by atoms with Crippen molar-refractivity contribution in [3.63, 3.8) is 0 Å². The van der Waals surface area contributed by atoms with Gasteiger partial charge in [0.2, 0.25) is 0 Å². The Labute approximate surface area is 142 Å². The molecule has 2 aromatic heterocycles. The van der Waals surface area contributed by atoms with E-state index in [0.29, 0.717) is 18.0 Å². The molecular formula is C17H26N6O. The third-order valence-corrected chi connectivity index (χ3v) is 4.45. The van der Waals surface area contributed by atoms with Crippen LogP contribution in [0.25, 0.3) is 0 Å². The molecule has 7 nitrogen and oxygen atoms in total. The Kier molecular flexibility index (Phi) is 4.99. The van der Waals surface area contributed by atoms with E-state index < -0.39 is 0 Å². The van der Waals surface area contributed by atoms with E-state index in [1.807, 2.05) is 28.6 Å². The molecule has 0 aliphatic carbocycles. The van der Waals surface area contributed by atoms with E-state index >= 15 is 0 Å². The molecule has 0 unspecified atom stereocenters. The van der Waals surface area contributed by atoms with Gasteiger partial charge < -0.3 is 10.2 Å². The smallest absolute Gasteiger partial charge is 0.255 e. The van der Waals surface area contributed by atoms with Gasteiger partial charge in [0, 0.05) is 31.5 Å². The zero-order valence-corrected chi connectivity index (χ0v) is 14.6. The topological polar surface area (TPSA) is 68.0 Å². The van der Waals surface area contributed by atoms with Crippen LogP contribution in [0.3, 0.4) is 0 Å². The molecule has 0 radical (unpaired) electrons. The van der Waals surface area contributed by atoms with Crippen LogP contribution in [-0.4, -0.2) is 57.1 Å². The van der Waals surface area contributed by atoms with Gasteiger partial charge in [-0.2, -0.15) is 10.2 Å². The molecule has 0 fully saturated rings. The molecule has 0 spiro atoms. The number of hydrogen-bond acceptors (Lipinski definition) is 4. The van der Waals surface area contributed by atoms with Gasteiger partial charge in [-0.05, 0) is 45.8 Å². The number of nitrogens with one attached hydrogen (secondary N) is 1. The van der Waals surface area contributed by atoms with Gasteiger partial charge in [0.15, 0.2) is 0 Å². The molecule has 1 aliphatic heterocycles. The van der Waals surface area contributed by atoms with Crippen molar-refractivity contribution in [2.24, 2.45) is 5.92 Å². The van der Waals surface area contributed by atoms with Gasteiger partial charge in [0.1, 0.15) is 0 Å². The minimum absolute atomic E-state index is 0.00844. The Morgan fingerprint density at radius 2 is 2.29 bits per heavy atom. The fourth-order valence-electron chi connectivity index (χ4n) is 3.40.